The molecular formula is C7H8N4O. The monoisotopic (exact) mass is 164 g/mol. The van der Waals surface area contributed by atoms with Crippen molar-refractivity contribution in [1.29, 1.82) is 0 Å². The standard InChI is InChI=1S/C7H8N4O/c12-6-2-3-8-7-5(10-6)1-4-9-11-7/h1,4H,2-3H2,(H,8,11)(H,10,12). The molecule has 0 radical (unpaired) electrons. The average molecular weight is 164 g/mol. The summed E-state index contributed by atoms with van der Waals surface area (Å²) in [5, 5.41) is 13.3. The Labute approximate surface area is 69.2 Å². The molecule has 0 bridgehead atoms. The molecule has 1 aliphatic heterocycles. The smallest absolute Gasteiger partial charge is 0.226 e. The number of fused-ring (bicyclic) bond motifs is 1. The molecule has 0 unspecified atom stereocenters. The van der Waals surface area contributed by atoms with E-state index in [4.69, 9.17) is 0 Å². The van der Waals surface area contributed by atoms with Gasteiger partial charge in [-0.15, -0.1) is 5.10 Å². The lowest BCUT2D eigenvalue weighted by Crippen LogP contribution is -2.10. The SMILES string of the molecule is O=C1CCNc2nnccc2N1. The van der Waals surface area contributed by atoms with Gasteiger partial charge in [0.2, 0.25) is 5.91 Å². The third-order valence-corrected chi connectivity index (χ3v) is 1.64. The molecule has 1 amide bonds. The number of aromatic nitrogens is 2. The maximum absolute atomic E-state index is 11.0. The van der Waals surface area contributed by atoms with Crippen LogP contribution in [0.4, 0.5) is 11.5 Å². The highest BCUT2D eigenvalue weighted by Gasteiger charge is 2.11. The summed E-state index contributed by atoms with van der Waals surface area (Å²) in [5.74, 6) is 0.651. The van der Waals surface area contributed by atoms with Crippen molar-refractivity contribution in [3.05, 3.63) is 12.3 Å². The van der Waals surface area contributed by atoms with Crippen LogP contribution in [-0.4, -0.2) is 22.6 Å². The second-order valence-electron chi connectivity index (χ2n) is 2.52. The maximum Gasteiger partial charge on any atom is 0.226 e. The zero-order chi connectivity index (χ0) is 8.39. The van der Waals surface area contributed by atoms with Crippen molar-refractivity contribution < 1.29 is 4.79 Å². The van der Waals surface area contributed by atoms with Gasteiger partial charge in [-0.2, -0.15) is 5.10 Å². The number of nitrogens with zero attached hydrogens (tertiary/aromatic N) is 2. The van der Waals surface area contributed by atoms with Crippen LogP contribution in [0.3, 0.4) is 0 Å². The molecule has 12 heavy (non-hydrogen) atoms. The number of hydrogen-bond acceptors (Lipinski definition) is 4. The molecule has 0 aliphatic carbocycles. The second kappa shape index (κ2) is 2.77. The highest BCUT2D eigenvalue weighted by molar-refractivity contribution is 5.94. The largest absolute Gasteiger partial charge is 0.366 e. The minimum atomic E-state index is 0.00856. The van der Waals surface area contributed by atoms with Gasteiger partial charge >= 0.3 is 0 Å². The van der Waals surface area contributed by atoms with Gasteiger partial charge < -0.3 is 10.6 Å². The van der Waals surface area contributed by atoms with Crippen molar-refractivity contribution in [2.24, 2.45) is 0 Å². The Morgan fingerprint density at radius 3 is 3.33 bits per heavy atom. The van der Waals surface area contributed by atoms with Gasteiger partial charge in [-0.3, -0.25) is 4.79 Å². The van der Waals surface area contributed by atoms with Crippen LogP contribution in [0.5, 0.6) is 0 Å². The first-order valence-electron chi connectivity index (χ1n) is 3.72. The summed E-state index contributed by atoms with van der Waals surface area (Å²) in [7, 11) is 0. The molecule has 62 valence electrons. The number of hydrogen-bond donors (Lipinski definition) is 2. The van der Waals surface area contributed by atoms with Gasteiger partial charge in [0.05, 0.1) is 11.9 Å². The molecule has 2 N–H and O–H groups in total. The zero-order valence-corrected chi connectivity index (χ0v) is 6.37. The van der Waals surface area contributed by atoms with Crippen LogP contribution in [0, 0.1) is 0 Å². The van der Waals surface area contributed by atoms with Crippen LogP contribution < -0.4 is 10.6 Å². The van der Waals surface area contributed by atoms with E-state index in [1.54, 1.807) is 12.3 Å². The third kappa shape index (κ3) is 1.20. The van der Waals surface area contributed by atoms with Gasteiger partial charge in [0.25, 0.3) is 0 Å². The first kappa shape index (κ1) is 7.02. The summed E-state index contributed by atoms with van der Waals surface area (Å²) in [4.78, 5) is 11.0. The van der Waals surface area contributed by atoms with E-state index in [-0.39, 0.29) is 5.91 Å². The van der Waals surface area contributed by atoms with Crippen molar-refractivity contribution in [3.8, 4) is 0 Å². The maximum atomic E-state index is 11.0. The quantitative estimate of drug-likeness (QED) is 0.576. The summed E-state index contributed by atoms with van der Waals surface area (Å²) in [5.41, 5.74) is 0.701. The number of amides is 1. The first-order valence-corrected chi connectivity index (χ1v) is 3.72. The van der Waals surface area contributed by atoms with Crippen LogP contribution >= 0.6 is 0 Å². The van der Waals surface area contributed by atoms with Crippen LogP contribution in [0.2, 0.25) is 0 Å². The molecule has 1 aromatic heterocycles. The molecule has 0 atom stereocenters. The lowest BCUT2D eigenvalue weighted by Gasteiger charge is -2.02. The zero-order valence-electron chi connectivity index (χ0n) is 6.37. The molecule has 2 rings (SSSR count). The first-order chi connectivity index (χ1) is 5.86. The Morgan fingerprint density at radius 2 is 2.42 bits per heavy atom. The molecule has 0 spiro atoms. The molecule has 5 nitrogen and oxygen atoms in total. The van der Waals surface area contributed by atoms with E-state index in [1.165, 1.54) is 0 Å². The van der Waals surface area contributed by atoms with E-state index >= 15 is 0 Å². The summed E-state index contributed by atoms with van der Waals surface area (Å²) < 4.78 is 0. The van der Waals surface area contributed by atoms with E-state index in [2.05, 4.69) is 20.8 Å². The van der Waals surface area contributed by atoms with E-state index in [0.29, 0.717) is 24.5 Å². The molecule has 1 aliphatic rings. The van der Waals surface area contributed by atoms with Crippen molar-refractivity contribution in [2.45, 2.75) is 6.42 Å². The van der Waals surface area contributed by atoms with Gasteiger partial charge in [-0.05, 0) is 6.07 Å². The Morgan fingerprint density at radius 1 is 1.50 bits per heavy atom. The lowest BCUT2D eigenvalue weighted by atomic mass is 10.4. The fraction of sp³-hybridized carbons (Fsp3) is 0.286. The molecule has 0 fully saturated rings. The summed E-state index contributed by atoms with van der Waals surface area (Å²) in [6, 6.07) is 1.72. The number of anilines is 2. The van der Waals surface area contributed by atoms with Crippen molar-refractivity contribution in [1.82, 2.24) is 10.2 Å². The molecule has 0 saturated heterocycles. The van der Waals surface area contributed by atoms with Crippen molar-refractivity contribution in [2.75, 3.05) is 17.2 Å². The van der Waals surface area contributed by atoms with E-state index in [9.17, 15) is 4.79 Å². The Hall–Kier alpha value is -1.65. The number of carbonyl (C=O) groups is 1. The predicted octanol–water partition coefficient (Wildman–Crippen LogP) is 0.231. The lowest BCUT2D eigenvalue weighted by molar-refractivity contribution is -0.115. The normalized spacial score (nSPS) is 15.5. The molecule has 0 saturated carbocycles. The Bertz CT molecular complexity index is 312. The second-order valence-corrected chi connectivity index (χ2v) is 2.52. The molecule has 1 aromatic rings. The fourth-order valence-corrected chi connectivity index (χ4v) is 1.07. The Kier molecular flexibility index (Phi) is 1.62. The number of carbonyl (C=O) groups excluding carboxylic acids is 1. The van der Waals surface area contributed by atoms with Crippen LogP contribution in [0.15, 0.2) is 12.3 Å². The predicted molar refractivity (Wildman–Crippen MR) is 43.8 cm³/mol. The molecule has 0 aromatic carbocycles. The van der Waals surface area contributed by atoms with Gasteiger partial charge in [-0.25, -0.2) is 0 Å². The van der Waals surface area contributed by atoms with Crippen molar-refractivity contribution >= 4 is 17.4 Å². The molecular weight excluding hydrogens is 156 g/mol. The average Bonchev–Trinajstić information content (AvgIpc) is 2.25. The van der Waals surface area contributed by atoms with E-state index < -0.39 is 0 Å². The molecule has 2 heterocycles. The van der Waals surface area contributed by atoms with Gasteiger partial charge in [0.15, 0.2) is 5.82 Å². The highest BCUT2D eigenvalue weighted by Crippen LogP contribution is 2.18. The van der Waals surface area contributed by atoms with E-state index in [0.717, 1.165) is 0 Å². The number of rotatable bonds is 0. The van der Waals surface area contributed by atoms with Gasteiger partial charge in [0.1, 0.15) is 0 Å². The topological polar surface area (TPSA) is 66.9 Å². The van der Waals surface area contributed by atoms with Crippen molar-refractivity contribution in [3.63, 3.8) is 0 Å². The highest BCUT2D eigenvalue weighted by atomic mass is 16.1. The molecule has 5 heteroatoms. The third-order valence-electron chi connectivity index (χ3n) is 1.64. The van der Waals surface area contributed by atoms with Crippen LogP contribution in [0.1, 0.15) is 6.42 Å². The Balaban J connectivity index is 2.37. The fourth-order valence-electron chi connectivity index (χ4n) is 1.07. The van der Waals surface area contributed by atoms with Crippen LogP contribution in [0.25, 0.3) is 0 Å². The number of nitrogens with one attached hydrogen (secondary N) is 2. The van der Waals surface area contributed by atoms with Crippen LogP contribution in [-0.2, 0) is 4.79 Å². The van der Waals surface area contributed by atoms with E-state index in [1.807, 2.05) is 0 Å². The summed E-state index contributed by atoms with van der Waals surface area (Å²) >= 11 is 0. The minimum Gasteiger partial charge on any atom is -0.366 e. The summed E-state index contributed by atoms with van der Waals surface area (Å²) in [6.07, 6.45) is 2.02. The minimum absolute atomic E-state index is 0.00856. The summed E-state index contributed by atoms with van der Waals surface area (Å²) in [6.45, 7) is 0.609. The van der Waals surface area contributed by atoms with Gasteiger partial charge in [0, 0.05) is 13.0 Å². The van der Waals surface area contributed by atoms with Gasteiger partial charge in [-0.1, -0.05) is 0 Å².